The van der Waals surface area contributed by atoms with Crippen molar-refractivity contribution in [2.75, 3.05) is 48.0 Å². The number of quaternary nitrogens is 1. The quantitative estimate of drug-likeness (QED) is 0.0734. The van der Waals surface area contributed by atoms with Gasteiger partial charge in [0.15, 0.2) is 0 Å². The van der Waals surface area contributed by atoms with Gasteiger partial charge in [0.1, 0.15) is 12.6 Å². The summed E-state index contributed by atoms with van der Waals surface area (Å²) < 4.78 is 34.7. The van der Waals surface area contributed by atoms with E-state index in [1.165, 1.54) is 97.0 Å². The predicted octanol–water partition coefficient (Wildman–Crippen LogP) is 6.19. The molecule has 1 unspecified atom stereocenters. The van der Waals surface area contributed by atoms with Gasteiger partial charge in [-0.25, -0.2) is 9.09 Å². The molecule has 1 heterocycles. The number of phosphoric acid groups is 1. The first-order valence-electron chi connectivity index (χ1n) is 14.4. The lowest BCUT2D eigenvalue weighted by molar-refractivity contribution is -0.881. The Labute approximate surface area is 221 Å². The molecule has 8 nitrogen and oxygen atoms in total. The molecule has 9 heteroatoms. The van der Waals surface area contributed by atoms with E-state index in [2.05, 4.69) is 6.92 Å². The van der Waals surface area contributed by atoms with E-state index >= 15 is 0 Å². The van der Waals surface area contributed by atoms with Gasteiger partial charge in [0.25, 0.3) is 5.79 Å². The van der Waals surface area contributed by atoms with Crippen LogP contribution < -0.4 is 0 Å². The third-order valence-electron chi connectivity index (χ3n) is 6.90. The summed E-state index contributed by atoms with van der Waals surface area (Å²) in [6, 6.07) is 0. The Balaban J connectivity index is 2.15. The van der Waals surface area contributed by atoms with E-state index in [-0.39, 0.29) is 19.3 Å². The molecule has 0 saturated carbocycles. The van der Waals surface area contributed by atoms with Crippen LogP contribution in [0, 0.1) is 0 Å². The van der Waals surface area contributed by atoms with Crippen molar-refractivity contribution in [3.63, 3.8) is 0 Å². The molecule has 0 radical (unpaired) electrons. The van der Waals surface area contributed by atoms with E-state index in [9.17, 15) is 14.4 Å². The fourth-order valence-electron chi connectivity index (χ4n) is 4.99. The standard InChI is InChI=1S/C27H56NO7P/c1-6-7-8-9-10-11-12-13-14-15-16-17-18-19-20-21-25-22-34-26(23-33-25)27(32-5,24-28(2,3)4)35-36(29,30)31/h25-26H,6-24H2,1-5H3,(H-,29,30,31)/p+1/t25-,26-,27?/m0/s1. The lowest BCUT2D eigenvalue weighted by Crippen LogP contribution is -2.61. The number of unbranched alkanes of at least 4 members (excludes halogenated alkanes) is 14. The number of nitrogens with zero attached hydrogens (tertiary/aromatic N) is 1. The maximum Gasteiger partial charge on any atom is 0.472 e. The second-order valence-electron chi connectivity index (χ2n) is 11.6. The molecule has 36 heavy (non-hydrogen) atoms. The van der Waals surface area contributed by atoms with Gasteiger partial charge in [0.05, 0.1) is 40.5 Å². The molecule has 1 fully saturated rings. The average Bonchev–Trinajstić information content (AvgIpc) is 2.79. The van der Waals surface area contributed by atoms with Gasteiger partial charge in [0, 0.05) is 7.11 Å². The zero-order valence-electron chi connectivity index (χ0n) is 23.9. The topological polar surface area (TPSA) is 94.5 Å². The van der Waals surface area contributed by atoms with Crippen LogP contribution in [0.4, 0.5) is 0 Å². The van der Waals surface area contributed by atoms with Crippen molar-refractivity contribution < 1.29 is 37.6 Å². The number of methoxy groups -OCH3 is 1. The minimum atomic E-state index is -4.79. The van der Waals surface area contributed by atoms with E-state index in [0.717, 1.165) is 12.8 Å². The minimum Gasteiger partial charge on any atom is -0.373 e. The summed E-state index contributed by atoms with van der Waals surface area (Å²) in [5.41, 5.74) is 0. The average molecular weight is 539 g/mol. The van der Waals surface area contributed by atoms with Crippen LogP contribution in [0.2, 0.25) is 0 Å². The number of rotatable bonds is 22. The number of likely N-dealkylation sites (N-methyl/N-ethyl adjacent to an activating group) is 1. The van der Waals surface area contributed by atoms with Crippen molar-refractivity contribution in [3.05, 3.63) is 0 Å². The van der Waals surface area contributed by atoms with Crippen molar-refractivity contribution in [2.45, 2.75) is 128 Å². The first-order valence-corrected chi connectivity index (χ1v) is 15.9. The maximum atomic E-state index is 11.7. The Morgan fingerprint density at radius 3 is 1.64 bits per heavy atom. The number of ether oxygens (including phenoxy) is 3. The van der Waals surface area contributed by atoms with E-state index in [1.807, 2.05) is 21.1 Å². The van der Waals surface area contributed by atoms with E-state index < -0.39 is 19.7 Å². The van der Waals surface area contributed by atoms with Crippen LogP contribution in [0.25, 0.3) is 0 Å². The number of hydrogen-bond acceptors (Lipinski definition) is 5. The Kier molecular flexibility index (Phi) is 17.2. The summed E-state index contributed by atoms with van der Waals surface area (Å²) >= 11 is 0. The van der Waals surface area contributed by atoms with Crippen molar-refractivity contribution in [3.8, 4) is 0 Å². The van der Waals surface area contributed by atoms with Gasteiger partial charge in [-0.1, -0.05) is 103 Å². The summed E-state index contributed by atoms with van der Waals surface area (Å²) in [4.78, 5) is 18.9. The smallest absolute Gasteiger partial charge is 0.373 e. The van der Waals surface area contributed by atoms with Crippen molar-refractivity contribution in [1.82, 2.24) is 0 Å². The molecule has 1 saturated heterocycles. The highest BCUT2D eigenvalue weighted by Gasteiger charge is 2.52. The Morgan fingerprint density at radius 1 is 0.806 bits per heavy atom. The van der Waals surface area contributed by atoms with E-state index in [1.54, 1.807) is 0 Å². The van der Waals surface area contributed by atoms with Gasteiger partial charge in [0.2, 0.25) is 0 Å². The van der Waals surface area contributed by atoms with Crippen LogP contribution in [-0.2, 0) is 23.3 Å². The summed E-state index contributed by atoms with van der Waals surface area (Å²) in [5.74, 6) is -1.59. The van der Waals surface area contributed by atoms with Crippen LogP contribution in [0.15, 0.2) is 0 Å². The first-order chi connectivity index (χ1) is 17.0. The van der Waals surface area contributed by atoms with Crippen LogP contribution in [-0.4, -0.2) is 80.3 Å². The molecule has 0 amide bonds. The normalized spacial score (nSPS) is 21.0. The van der Waals surface area contributed by atoms with Gasteiger partial charge in [-0.3, -0.25) is 0 Å². The summed E-state index contributed by atoms with van der Waals surface area (Å²) in [6.07, 6.45) is 20.4. The third kappa shape index (κ3) is 16.0. The molecule has 1 aliphatic rings. The van der Waals surface area contributed by atoms with E-state index in [4.69, 9.17) is 18.7 Å². The highest BCUT2D eigenvalue weighted by atomic mass is 31.2. The Bertz CT molecular complexity index is 587. The largest absolute Gasteiger partial charge is 0.472 e. The highest BCUT2D eigenvalue weighted by molar-refractivity contribution is 7.46. The lowest BCUT2D eigenvalue weighted by atomic mass is 10.0. The maximum absolute atomic E-state index is 11.7. The van der Waals surface area contributed by atoms with Crippen molar-refractivity contribution >= 4 is 7.82 Å². The molecule has 0 aliphatic carbocycles. The first kappa shape index (κ1) is 34.0. The van der Waals surface area contributed by atoms with E-state index in [0.29, 0.717) is 11.1 Å². The SMILES string of the molecule is CCCCCCCCCCCCCCCCC[C@H]1CO[C@H](C(C[N+](C)(C)C)(OC)OP(=O)(O)O)CO1. The van der Waals surface area contributed by atoms with Crippen LogP contribution in [0.1, 0.15) is 110 Å². The molecule has 216 valence electrons. The molecule has 0 aromatic heterocycles. The molecular formula is C27H57NO7P+. The van der Waals surface area contributed by atoms with Crippen LogP contribution in [0.3, 0.4) is 0 Å². The molecule has 0 aromatic carbocycles. The minimum absolute atomic E-state index is 0.00281. The molecule has 0 spiro atoms. The molecule has 1 rings (SSSR count). The molecule has 0 aromatic rings. The number of phosphoric ester groups is 1. The molecule has 0 bridgehead atoms. The Hall–Kier alpha value is -0.0500. The lowest BCUT2D eigenvalue weighted by Gasteiger charge is -2.44. The second kappa shape index (κ2) is 18.3. The molecular weight excluding hydrogens is 481 g/mol. The van der Waals surface area contributed by atoms with Gasteiger partial charge in [-0.2, -0.15) is 0 Å². The van der Waals surface area contributed by atoms with Gasteiger partial charge in [-0.05, 0) is 6.42 Å². The fourth-order valence-corrected chi connectivity index (χ4v) is 5.64. The highest BCUT2D eigenvalue weighted by Crippen LogP contribution is 2.44. The zero-order chi connectivity index (χ0) is 26.9. The van der Waals surface area contributed by atoms with Crippen LogP contribution >= 0.6 is 7.82 Å². The van der Waals surface area contributed by atoms with Gasteiger partial charge in [-0.15, -0.1) is 0 Å². The molecule has 3 atom stereocenters. The molecule has 2 N–H and O–H groups in total. The molecule has 1 aliphatic heterocycles. The van der Waals surface area contributed by atoms with Crippen molar-refractivity contribution in [2.24, 2.45) is 0 Å². The summed E-state index contributed by atoms with van der Waals surface area (Å²) in [7, 11) is 2.30. The summed E-state index contributed by atoms with van der Waals surface area (Å²) in [5, 5.41) is 0. The third-order valence-corrected chi connectivity index (χ3v) is 7.45. The van der Waals surface area contributed by atoms with Crippen LogP contribution in [0.5, 0.6) is 0 Å². The van der Waals surface area contributed by atoms with Gasteiger partial charge >= 0.3 is 7.82 Å². The predicted molar refractivity (Wildman–Crippen MR) is 145 cm³/mol. The second-order valence-corrected chi connectivity index (χ2v) is 12.7. The number of hydrogen-bond donors (Lipinski definition) is 2. The van der Waals surface area contributed by atoms with Crippen molar-refractivity contribution in [1.29, 1.82) is 0 Å². The monoisotopic (exact) mass is 538 g/mol. The zero-order valence-corrected chi connectivity index (χ0v) is 24.8. The fraction of sp³-hybridized carbons (Fsp3) is 1.00. The van der Waals surface area contributed by atoms with Gasteiger partial charge < -0.3 is 28.5 Å². The summed E-state index contributed by atoms with van der Waals surface area (Å²) in [6.45, 7) is 3.02. The Morgan fingerprint density at radius 2 is 1.28 bits per heavy atom.